The van der Waals surface area contributed by atoms with E-state index in [2.05, 4.69) is 21.8 Å². The third kappa shape index (κ3) is 6.48. The predicted molar refractivity (Wildman–Crippen MR) is 159 cm³/mol. The van der Waals surface area contributed by atoms with Crippen molar-refractivity contribution in [3.63, 3.8) is 0 Å². The second-order valence-corrected chi connectivity index (χ2v) is 14.8. The van der Waals surface area contributed by atoms with E-state index in [-0.39, 0.29) is 42.9 Å². The number of amides is 2. The van der Waals surface area contributed by atoms with Crippen LogP contribution in [0.5, 0.6) is 5.88 Å². The monoisotopic (exact) mass is 612 g/mol. The molecule has 1 N–H and O–H groups in total. The summed E-state index contributed by atoms with van der Waals surface area (Å²) in [7, 11) is -3.62. The molecule has 0 radical (unpaired) electrons. The van der Waals surface area contributed by atoms with Gasteiger partial charge in [-0.15, -0.1) is 0 Å². The van der Waals surface area contributed by atoms with E-state index < -0.39 is 21.4 Å². The molecule has 4 heterocycles. The van der Waals surface area contributed by atoms with Crippen LogP contribution in [0.25, 0.3) is 0 Å². The zero-order valence-corrected chi connectivity index (χ0v) is 25.4. The lowest BCUT2D eigenvalue weighted by Crippen LogP contribution is -2.54. The molecular weight excluding hydrogens is 572 g/mol. The summed E-state index contributed by atoms with van der Waals surface area (Å²) in [6.45, 7) is 5.16. The fourth-order valence-corrected chi connectivity index (χ4v) is 8.53. The molecule has 43 heavy (non-hydrogen) atoms. The van der Waals surface area contributed by atoms with Crippen LogP contribution in [0.3, 0.4) is 0 Å². The van der Waals surface area contributed by atoms with Gasteiger partial charge in [0.25, 0.3) is 0 Å². The number of carboxylic acid groups (broad SMARTS) is 1. The van der Waals surface area contributed by atoms with Gasteiger partial charge in [-0.25, -0.2) is 23.2 Å². The summed E-state index contributed by atoms with van der Waals surface area (Å²) in [5, 5.41) is 9.10. The maximum absolute atomic E-state index is 13.4. The first kappa shape index (κ1) is 29.8. The van der Waals surface area contributed by atoms with Crippen LogP contribution in [-0.2, 0) is 21.4 Å². The topological polar surface area (TPSA) is 136 Å². The minimum atomic E-state index is -3.62. The normalized spacial score (nSPS) is 26.4. The Kier molecular flexibility index (Phi) is 8.31. The van der Waals surface area contributed by atoms with Crippen molar-refractivity contribution < 1.29 is 27.9 Å². The molecule has 1 saturated carbocycles. The lowest BCUT2D eigenvalue weighted by Gasteiger charge is -2.41. The lowest BCUT2D eigenvalue weighted by atomic mass is 9.83. The first-order valence-corrected chi connectivity index (χ1v) is 16.6. The molecule has 0 bridgehead atoms. The molecule has 6 rings (SSSR count). The number of carbonyl (C=O) groups excluding carboxylic acids is 1. The van der Waals surface area contributed by atoms with E-state index in [9.17, 15) is 23.1 Å². The molecule has 2 aromatic rings. The van der Waals surface area contributed by atoms with Crippen molar-refractivity contribution in [1.29, 1.82) is 0 Å². The van der Waals surface area contributed by atoms with Crippen LogP contribution < -0.4 is 9.64 Å². The fourth-order valence-electron chi connectivity index (χ4n) is 6.68. The van der Waals surface area contributed by atoms with Crippen molar-refractivity contribution in [1.82, 2.24) is 24.1 Å². The van der Waals surface area contributed by atoms with E-state index >= 15 is 0 Å². The molecule has 4 fully saturated rings. The molecule has 13 heteroatoms. The smallest absolute Gasteiger partial charge is 0.407 e. The van der Waals surface area contributed by atoms with Crippen LogP contribution in [0, 0.1) is 11.3 Å². The highest BCUT2D eigenvalue weighted by Gasteiger charge is 2.50. The number of ether oxygens (including phenoxy) is 1. The summed E-state index contributed by atoms with van der Waals surface area (Å²) < 4.78 is 34.0. The zero-order chi connectivity index (χ0) is 30.2. The number of carbonyl (C=O) groups is 2. The number of sulfonamides is 1. The van der Waals surface area contributed by atoms with Gasteiger partial charge in [0.15, 0.2) is 5.82 Å². The molecule has 3 saturated heterocycles. The number of likely N-dealkylation sites (tertiary alicyclic amines) is 2. The molecule has 4 aliphatic rings. The molecule has 1 aromatic heterocycles. The van der Waals surface area contributed by atoms with Gasteiger partial charge in [-0.2, -0.15) is 4.31 Å². The molecule has 3 atom stereocenters. The van der Waals surface area contributed by atoms with Crippen LogP contribution >= 0.6 is 0 Å². The van der Waals surface area contributed by atoms with Crippen molar-refractivity contribution in [3.8, 4) is 5.88 Å². The SMILES string of the molecule is CC1(C2CC(COc3cnc(N4CCN(S(=O)(=O)C5CCN(Cc6ccccc6)C5)CC4=O)cn3)CCN2C(=O)O)CC1. The minimum absolute atomic E-state index is 0.0104. The van der Waals surface area contributed by atoms with E-state index in [0.29, 0.717) is 50.9 Å². The minimum Gasteiger partial charge on any atom is -0.476 e. The Balaban J connectivity index is 0.993. The number of hydrogen-bond acceptors (Lipinski definition) is 8. The number of hydrogen-bond donors (Lipinski definition) is 1. The summed E-state index contributed by atoms with van der Waals surface area (Å²) in [6.07, 6.45) is 6.27. The number of anilines is 1. The highest BCUT2D eigenvalue weighted by atomic mass is 32.2. The number of aromatic nitrogens is 2. The molecule has 0 spiro atoms. The quantitative estimate of drug-likeness (QED) is 0.453. The van der Waals surface area contributed by atoms with Crippen LogP contribution in [0.1, 0.15) is 44.6 Å². The van der Waals surface area contributed by atoms with Crippen LogP contribution in [0.4, 0.5) is 10.6 Å². The van der Waals surface area contributed by atoms with Crippen molar-refractivity contribution in [2.24, 2.45) is 11.3 Å². The molecule has 12 nitrogen and oxygen atoms in total. The molecule has 1 aliphatic carbocycles. The number of piperidine rings is 1. The largest absolute Gasteiger partial charge is 0.476 e. The summed E-state index contributed by atoms with van der Waals surface area (Å²) in [6, 6.07) is 10.0. The van der Waals surface area contributed by atoms with E-state index in [0.717, 1.165) is 31.2 Å². The number of piperazine rings is 1. The van der Waals surface area contributed by atoms with Gasteiger partial charge in [-0.3, -0.25) is 14.6 Å². The van der Waals surface area contributed by atoms with Crippen molar-refractivity contribution in [2.75, 3.05) is 50.8 Å². The Labute approximate surface area is 252 Å². The number of benzene rings is 1. The Hall–Kier alpha value is -3.29. The van der Waals surface area contributed by atoms with Crippen LogP contribution in [-0.4, -0.2) is 107 Å². The van der Waals surface area contributed by atoms with E-state index in [4.69, 9.17) is 4.74 Å². The van der Waals surface area contributed by atoms with Crippen molar-refractivity contribution in [2.45, 2.75) is 56.9 Å². The van der Waals surface area contributed by atoms with Gasteiger partial charge in [0.05, 0.1) is 30.8 Å². The van der Waals surface area contributed by atoms with Gasteiger partial charge in [-0.1, -0.05) is 37.3 Å². The molecular formula is C30H40N6O6S. The third-order valence-electron chi connectivity index (χ3n) is 9.60. The lowest BCUT2D eigenvalue weighted by molar-refractivity contribution is -0.120. The van der Waals surface area contributed by atoms with E-state index in [1.807, 2.05) is 30.3 Å². The van der Waals surface area contributed by atoms with Crippen LogP contribution in [0.15, 0.2) is 42.7 Å². The molecule has 232 valence electrons. The first-order valence-electron chi connectivity index (χ1n) is 15.1. The standard InChI is InChI=1S/C30H40N6O6S/c1-30(9-10-30)25-15-23(7-12-35(25)29(38)39)21-42-27-17-31-26(16-32-27)36-14-13-34(20-28(36)37)43(40,41)24-8-11-33(19-24)18-22-5-3-2-4-6-22/h2-6,16-17,23-25H,7-15,18-21H2,1H3,(H,38,39). The maximum Gasteiger partial charge on any atom is 0.407 e. The number of rotatable bonds is 9. The van der Waals surface area contributed by atoms with Gasteiger partial charge in [0.1, 0.15) is 0 Å². The Bertz CT molecular complexity index is 1420. The Morgan fingerprint density at radius 2 is 1.86 bits per heavy atom. The van der Waals surface area contributed by atoms with E-state index in [1.165, 1.54) is 21.6 Å². The highest BCUT2D eigenvalue weighted by molar-refractivity contribution is 7.89. The summed E-state index contributed by atoms with van der Waals surface area (Å²) in [4.78, 5) is 38.7. The second-order valence-electron chi connectivity index (χ2n) is 12.6. The predicted octanol–water partition coefficient (Wildman–Crippen LogP) is 2.67. The second kappa shape index (κ2) is 12.0. The Morgan fingerprint density at radius 1 is 1.07 bits per heavy atom. The zero-order valence-electron chi connectivity index (χ0n) is 24.5. The summed E-state index contributed by atoms with van der Waals surface area (Å²) in [5.74, 6) is 0.595. The van der Waals surface area contributed by atoms with Gasteiger partial charge < -0.3 is 14.7 Å². The van der Waals surface area contributed by atoms with E-state index in [1.54, 1.807) is 4.90 Å². The van der Waals surface area contributed by atoms with Gasteiger partial charge in [0, 0.05) is 38.8 Å². The summed E-state index contributed by atoms with van der Waals surface area (Å²) >= 11 is 0. The molecule has 3 aliphatic heterocycles. The fraction of sp³-hybridized carbons (Fsp3) is 0.600. The molecule has 1 aromatic carbocycles. The average Bonchev–Trinajstić information content (AvgIpc) is 3.58. The summed E-state index contributed by atoms with van der Waals surface area (Å²) in [5.41, 5.74) is 1.22. The highest BCUT2D eigenvalue weighted by Crippen LogP contribution is 2.53. The average molecular weight is 613 g/mol. The first-order chi connectivity index (χ1) is 20.6. The molecule has 3 unspecified atom stereocenters. The van der Waals surface area contributed by atoms with Crippen molar-refractivity contribution >= 4 is 27.8 Å². The van der Waals surface area contributed by atoms with Crippen LogP contribution in [0.2, 0.25) is 0 Å². The van der Waals surface area contributed by atoms with Gasteiger partial charge >= 0.3 is 6.09 Å². The number of nitrogens with zero attached hydrogens (tertiary/aromatic N) is 6. The van der Waals surface area contributed by atoms with Crippen molar-refractivity contribution in [3.05, 3.63) is 48.3 Å². The Morgan fingerprint density at radius 3 is 2.53 bits per heavy atom. The maximum atomic E-state index is 13.4. The third-order valence-corrected chi connectivity index (χ3v) is 11.9. The van der Waals surface area contributed by atoms with Gasteiger partial charge in [0.2, 0.25) is 21.8 Å². The van der Waals surface area contributed by atoms with Gasteiger partial charge in [-0.05, 0) is 55.5 Å². The molecule has 2 amide bonds.